The molecule has 0 saturated carbocycles. The molecule has 0 aliphatic carbocycles. The van der Waals surface area contributed by atoms with Crippen LogP contribution in [-0.2, 0) is 0 Å². The van der Waals surface area contributed by atoms with Gasteiger partial charge in [0.2, 0.25) is 0 Å². The van der Waals surface area contributed by atoms with E-state index in [0.717, 1.165) is 14.7 Å². The fourth-order valence-corrected chi connectivity index (χ4v) is 4.15. The highest BCUT2D eigenvalue weighted by atomic mass is 127. The highest BCUT2D eigenvalue weighted by Crippen LogP contribution is 2.41. The molecule has 0 aromatic heterocycles. The maximum absolute atomic E-state index is 13.6. The fourth-order valence-electron chi connectivity index (χ4n) is 1.80. The van der Waals surface area contributed by atoms with E-state index in [1.807, 2.05) is 18.2 Å². The van der Waals surface area contributed by atoms with Crippen molar-refractivity contribution in [1.82, 2.24) is 0 Å². The van der Waals surface area contributed by atoms with E-state index in [0.29, 0.717) is 15.2 Å². The zero-order valence-corrected chi connectivity index (χ0v) is 16.3. The van der Waals surface area contributed by atoms with Crippen molar-refractivity contribution >= 4 is 66.1 Å². The van der Waals surface area contributed by atoms with Crippen LogP contribution in [0, 0.1) is 9.39 Å². The topological polar surface area (TPSA) is 9.23 Å². The summed E-state index contributed by atoms with van der Waals surface area (Å²) in [5, 5.41) is 0.657. The summed E-state index contributed by atoms with van der Waals surface area (Å²) >= 11 is 15.1. The monoisotopic (exact) mass is 532 g/mol. The molecule has 0 amide bonds. The summed E-state index contributed by atoms with van der Waals surface area (Å²) in [5.41, 5.74) is 1.84. The largest absolute Gasteiger partial charge is 0.496 e. The Hall–Kier alpha value is 0.150. The Bertz CT molecular complexity index is 651. The molecule has 0 radical (unpaired) electrons. The molecule has 1 nitrogen and oxygen atoms in total. The third-order valence-corrected chi connectivity index (χ3v) is 5.59. The molecule has 6 heteroatoms. The number of alkyl halides is 1. The van der Waals surface area contributed by atoms with E-state index in [-0.39, 0.29) is 10.6 Å². The maximum Gasteiger partial charge on any atom is 0.141 e. The van der Waals surface area contributed by atoms with E-state index in [1.54, 1.807) is 6.07 Å². The van der Waals surface area contributed by atoms with E-state index in [9.17, 15) is 4.39 Å². The SMILES string of the molecule is COc1cc(F)c(Br)cc1C(Br)c1cc(Cl)ccc1I. The molecule has 0 heterocycles. The quantitative estimate of drug-likeness (QED) is 0.330. The summed E-state index contributed by atoms with van der Waals surface area (Å²) < 4.78 is 20.3. The van der Waals surface area contributed by atoms with Crippen LogP contribution in [0.5, 0.6) is 5.75 Å². The minimum Gasteiger partial charge on any atom is -0.496 e. The van der Waals surface area contributed by atoms with Gasteiger partial charge in [-0.25, -0.2) is 4.39 Å². The lowest BCUT2D eigenvalue weighted by Crippen LogP contribution is -2.00. The van der Waals surface area contributed by atoms with Crippen molar-refractivity contribution in [3.05, 3.63) is 60.3 Å². The van der Waals surface area contributed by atoms with Gasteiger partial charge in [0.15, 0.2) is 0 Å². The summed E-state index contributed by atoms with van der Waals surface area (Å²) in [6.45, 7) is 0. The molecular formula is C14H9Br2ClFIO. The smallest absolute Gasteiger partial charge is 0.141 e. The van der Waals surface area contributed by atoms with Crippen molar-refractivity contribution < 1.29 is 9.13 Å². The van der Waals surface area contributed by atoms with Crippen LogP contribution < -0.4 is 4.74 Å². The van der Waals surface area contributed by atoms with Gasteiger partial charge in [0.05, 0.1) is 16.4 Å². The lowest BCUT2D eigenvalue weighted by atomic mass is 10.0. The first-order valence-electron chi connectivity index (χ1n) is 5.56. The second kappa shape index (κ2) is 6.94. The lowest BCUT2D eigenvalue weighted by Gasteiger charge is -2.17. The number of hydrogen-bond donors (Lipinski definition) is 0. The molecule has 2 aromatic carbocycles. The van der Waals surface area contributed by atoms with Crippen LogP contribution >= 0.6 is 66.1 Å². The number of rotatable bonds is 3. The van der Waals surface area contributed by atoms with Crippen molar-refractivity contribution in [1.29, 1.82) is 0 Å². The van der Waals surface area contributed by atoms with Crippen LogP contribution in [-0.4, -0.2) is 7.11 Å². The van der Waals surface area contributed by atoms with Crippen LogP contribution in [0.3, 0.4) is 0 Å². The molecule has 0 saturated heterocycles. The van der Waals surface area contributed by atoms with Crippen molar-refractivity contribution in [2.45, 2.75) is 4.83 Å². The van der Waals surface area contributed by atoms with Crippen molar-refractivity contribution in [3.63, 3.8) is 0 Å². The van der Waals surface area contributed by atoms with Gasteiger partial charge in [-0.2, -0.15) is 0 Å². The lowest BCUT2D eigenvalue weighted by molar-refractivity contribution is 0.406. The van der Waals surface area contributed by atoms with Gasteiger partial charge in [-0.05, 0) is 68.3 Å². The predicted molar refractivity (Wildman–Crippen MR) is 95.6 cm³/mol. The first kappa shape index (κ1) is 16.5. The third-order valence-electron chi connectivity index (χ3n) is 2.78. The highest BCUT2D eigenvalue weighted by molar-refractivity contribution is 14.1. The van der Waals surface area contributed by atoms with Gasteiger partial charge in [0, 0.05) is 20.2 Å². The molecule has 2 aromatic rings. The molecule has 20 heavy (non-hydrogen) atoms. The van der Waals surface area contributed by atoms with E-state index in [1.165, 1.54) is 13.2 Å². The second-order valence-electron chi connectivity index (χ2n) is 4.04. The molecule has 2 rings (SSSR count). The van der Waals surface area contributed by atoms with Gasteiger partial charge in [0.25, 0.3) is 0 Å². The van der Waals surface area contributed by atoms with E-state index >= 15 is 0 Å². The summed E-state index contributed by atoms with van der Waals surface area (Å²) in [4.78, 5) is -0.139. The van der Waals surface area contributed by atoms with Gasteiger partial charge in [-0.15, -0.1) is 0 Å². The Morgan fingerprint density at radius 1 is 1.25 bits per heavy atom. The zero-order valence-electron chi connectivity index (χ0n) is 10.3. The first-order chi connectivity index (χ1) is 9.43. The van der Waals surface area contributed by atoms with Gasteiger partial charge in [-0.1, -0.05) is 27.5 Å². The number of hydrogen-bond acceptors (Lipinski definition) is 1. The zero-order chi connectivity index (χ0) is 14.9. The standard InChI is InChI=1S/C14H9Br2ClFIO/c1-20-13-6-11(18)10(15)5-9(13)14(16)8-4-7(17)2-3-12(8)19/h2-6,14H,1H3. The Morgan fingerprint density at radius 2 is 1.95 bits per heavy atom. The third kappa shape index (κ3) is 3.48. The van der Waals surface area contributed by atoms with Crippen LogP contribution in [0.2, 0.25) is 5.02 Å². The minimum absolute atomic E-state index is 0.139. The Balaban J connectivity index is 2.55. The Kier molecular flexibility index (Phi) is 5.73. The molecule has 0 fully saturated rings. The summed E-state index contributed by atoms with van der Waals surface area (Å²) in [7, 11) is 1.52. The number of halogens is 5. The molecule has 0 spiro atoms. The maximum atomic E-state index is 13.6. The number of ether oxygens (including phenoxy) is 1. The van der Waals surface area contributed by atoms with Gasteiger partial charge < -0.3 is 4.74 Å². The number of benzene rings is 2. The molecule has 0 aliphatic heterocycles. The minimum atomic E-state index is -0.355. The molecule has 106 valence electrons. The van der Waals surface area contributed by atoms with Gasteiger partial charge in [-0.3, -0.25) is 0 Å². The first-order valence-corrected chi connectivity index (χ1v) is 8.72. The molecule has 0 bridgehead atoms. The highest BCUT2D eigenvalue weighted by Gasteiger charge is 2.20. The summed E-state index contributed by atoms with van der Waals surface area (Å²) in [6, 6.07) is 8.75. The van der Waals surface area contributed by atoms with E-state index in [2.05, 4.69) is 54.5 Å². The predicted octanol–water partition coefficient (Wildman–Crippen LogP) is 6.34. The van der Waals surface area contributed by atoms with Crippen molar-refractivity contribution in [3.8, 4) is 5.75 Å². The second-order valence-corrected chi connectivity index (χ2v) is 7.41. The number of methoxy groups -OCH3 is 1. The van der Waals surface area contributed by atoms with Crippen molar-refractivity contribution in [2.24, 2.45) is 0 Å². The normalized spacial score (nSPS) is 12.3. The van der Waals surface area contributed by atoms with E-state index in [4.69, 9.17) is 16.3 Å². The molecular weight excluding hydrogens is 525 g/mol. The average Bonchev–Trinajstić information content (AvgIpc) is 2.43. The van der Waals surface area contributed by atoms with E-state index < -0.39 is 0 Å². The van der Waals surface area contributed by atoms with Gasteiger partial charge >= 0.3 is 0 Å². The fraction of sp³-hybridized carbons (Fsp3) is 0.143. The Labute approximate surface area is 152 Å². The van der Waals surface area contributed by atoms with Crippen molar-refractivity contribution in [2.75, 3.05) is 7.11 Å². The van der Waals surface area contributed by atoms with Crippen LogP contribution in [0.1, 0.15) is 16.0 Å². The summed E-state index contributed by atoms with van der Waals surface area (Å²) in [6.07, 6.45) is 0. The van der Waals surface area contributed by atoms with Crippen LogP contribution in [0.4, 0.5) is 4.39 Å². The van der Waals surface area contributed by atoms with Crippen LogP contribution in [0.25, 0.3) is 0 Å². The molecule has 1 unspecified atom stereocenters. The van der Waals surface area contributed by atoms with Crippen LogP contribution in [0.15, 0.2) is 34.8 Å². The molecule has 0 N–H and O–H groups in total. The van der Waals surface area contributed by atoms with Gasteiger partial charge in [0.1, 0.15) is 11.6 Å². The average molecular weight is 534 g/mol. The Morgan fingerprint density at radius 3 is 2.60 bits per heavy atom. The molecule has 1 atom stereocenters. The summed E-state index contributed by atoms with van der Waals surface area (Å²) in [5.74, 6) is 0.134. The molecule has 0 aliphatic rings.